The normalized spacial score (nSPS) is 37.7. The summed E-state index contributed by atoms with van der Waals surface area (Å²) in [6.07, 6.45) is 2.18. The van der Waals surface area contributed by atoms with Gasteiger partial charge in [0.25, 0.3) is 0 Å². The van der Waals surface area contributed by atoms with E-state index in [4.69, 9.17) is 4.74 Å². The maximum absolute atomic E-state index is 12.2. The molecule has 0 spiro atoms. The van der Waals surface area contributed by atoms with E-state index in [0.717, 1.165) is 19.4 Å². The fourth-order valence-corrected chi connectivity index (χ4v) is 3.31. The molecule has 0 aliphatic carbocycles. The molecule has 4 atom stereocenters. The smallest absolute Gasteiger partial charge is 0.308 e. The second-order valence-electron chi connectivity index (χ2n) is 5.46. The SMILES string of the molecule is CC1CC(=O)N(C2CCCOC2)C(C)C1C(=O)O. The van der Waals surface area contributed by atoms with Gasteiger partial charge in [0.05, 0.1) is 18.6 Å². The first-order valence-corrected chi connectivity index (χ1v) is 6.64. The van der Waals surface area contributed by atoms with Crippen LogP contribution in [0.15, 0.2) is 0 Å². The summed E-state index contributed by atoms with van der Waals surface area (Å²) in [5, 5.41) is 9.31. The van der Waals surface area contributed by atoms with Crippen LogP contribution in [0.3, 0.4) is 0 Å². The maximum Gasteiger partial charge on any atom is 0.308 e. The summed E-state index contributed by atoms with van der Waals surface area (Å²) in [6, 6.07) is -0.193. The molecule has 2 fully saturated rings. The highest BCUT2D eigenvalue weighted by Crippen LogP contribution is 2.33. The number of aliphatic carboxylic acids is 1. The number of nitrogens with zero attached hydrogens (tertiary/aromatic N) is 1. The molecule has 0 aromatic carbocycles. The fourth-order valence-electron chi connectivity index (χ4n) is 3.31. The zero-order valence-corrected chi connectivity index (χ0v) is 11.0. The Morgan fingerprint density at radius 3 is 2.72 bits per heavy atom. The van der Waals surface area contributed by atoms with Crippen LogP contribution in [-0.4, -0.2) is 47.2 Å². The van der Waals surface area contributed by atoms with Crippen molar-refractivity contribution in [2.75, 3.05) is 13.2 Å². The van der Waals surface area contributed by atoms with Crippen molar-refractivity contribution in [1.82, 2.24) is 4.90 Å². The standard InChI is InChI=1S/C13H21NO4/c1-8-6-11(15)14(9(2)12(8)13(16)17)10-4-3-5-18-7-10/h8-10,12H,3-7H2,1-2H3,(H,16,17). The van der Waals surface area contributed by atoms with Gasteiger partial charge >= 0.3 is 5.97 Å². The van der Waals surface area contributed by atoms with Gasteiger partial charge in [-0.05, 0) is 25.7 Å². The lowest BCUT2D eigenvalue weighted by atomic mass is 9.80. The second kappa shape index (κ2) is 5.26. The van der Waals surface area contributed by atoms with Gasteiger partial charge in [0.15, 0.2) is 0 Å². The van der Waals surface area contributed by atoms with E-state index in [1.807, 2.05) is 13.8 Å². The Labute approximate surface area is 107 Å². The van der Waals surface area contributed by atoms with Crippen molar-refractivity contribution in [2.24, 2.45) is 11.8 Å². The van der Waals surface area contributed by atoms with Crippen molar-refractivity contribution in [1.29, 1.82) is 0 Å². The van der Waals surface area contributed by atoms with Gasteiger partial charge in [-0.25, -0.2) is 0 Å². The third kappa shape index (κ3) is 2.36. The summed E-state index contributed by atoms with van der Waals surface area (Å²) in [7, 11) is 0. The predicted octanol–water partition coefficient (Wildman–Crippen LogP) is 1.12. The van der Waals surface area contributed by atoms with Crippen LogP contribution >= 0.6 is 0 Å². The van der Waals surface area contributed by atoms with Gasteiger partial charge in [-0.3, -0.25) is 9.59 Å². The molecular weight excluding hydrogens is 234 g/mol. The molecule has 2 aliphatic rings. The zero-order chi connectivity index (χ0) is 13.3. The number of carbonyl (C=O) groups excluding carboxylic acids is 1. The summed E-state index contributed by atoms with van der Waals surface area (Å²) in [4.78, 5) is 25.3. The zero-order valence-electron chi connectivity index (χ0n) is 11.0. The van der Waals surface area contributed by atoms with Crippen LogP contribution in [0.5, 0.6) is 0 Å². The first-order valence-electron chi connectivity index (χ1n) is 6.64. The van der Waals surface area contributed by atoms with E-state index in [2.05, 4.69) is 0 Å². The van der Waals surface area contributed by atoms with Gasteiger partial charge in [-0.15, -0.1) is 0 Å². The van der Waals surface area contributed by atoms with Gasteiger partial charge in [0, 0.05) is 19.1 Å². The molecule has 0 aromatic heterocycles. The Morgan fingerprint density at radius 2 is 2.17 bits per heavy atom. The molecule has 0 aromatic rings. The molecule has 5 nitrogen and oxygen atoms in total. The minimum absolute atomic E-state index is 0.0515. The molecule has 2 rings (SSSR count). The average molecular weight is 255 g/mol. The average Bonchev–Trinajstić information content (AvgIpc) is 2.28. The lowest BCUT2D eigenvalue weighted by Crippen LogP contribution is -2.58. The molecule has 0 radical (unpaired) electrons. The van der Waals surface area contributed by atoms with E-state index in [9.17, 15) is 14.7 Å². The quantitative estimate of drug-likeness (QED) is 0.803. The summed E-state index contributed by atoms with van der Waals surface area (Å²) < 4.78 is 5.41. The van der Waals surface area contributed by atoms with Gasteiger partial charge in [-0.2, -0.15) is 0 Å². The number of rotatable bonds is 2. The van der Waals surface area contributed by atoms with Gasteiger partial charge in [0.2, 0.25) is 5.91 Å². The van der Waals surface area contributed by atoms with Crippen LogP contribution in [-0.2, 0) is 14.3 Å². The molecule has 1 N–H and O–H groups in total. The topological polar surface area (TPSA) is 66.8 Å². The molecule has 4 unspecified atom stereocenters. The van der Waals surface area contributed by atoms with E-state index in [-0.39, 0.29) is 23.9 Å². The van der Waals surface area contributed by atoms with E-state index < -0.39 is 11.9 Å². The van der Waals surface area contributed by atoms with Crippen LogP contribution in [0.1, 0.15) is 33.1 Å². The summed E-state index contributed by atoms with van der Waals surface area (Å²) >= 11 is 0. The summed E-state index contributed by atoms with van der Waals surface area (Å²) in [5.74, 6) is -1.29. The number of carbonyl (C=O) groups is 2. The van der Waals surface area contributed by atoms with E-state index >= 15 is 0 Å². The van der Waals surface area contributed by atoms with Crippen LogP contribution in [0.25, 0.3) is 0 Å². The Hall–Kier alpha value is -1.10. The minimum Gasteiger partial charge on any atom is -0.481 e. The van der Waals surface area contributed by atoms with Crippen molar-refractivity contribution >= 4 is 11.9 Å². The van der Waals surface area contributed by atoms with Gasteiger partial charge in [0.1, 0.15) is 0 Å². The number of hydrogen-bond donors (Lipinski definition) is 1. The third-order valence-corrected chi connectivity index (χ3v) is 4.17. The van der Waals surface area contributed by atoms with Crippen molar-refractivity contribution in [3.05, 3.63) is 0 Å². The number of carboxylic acid groups (broad SMARTS) is 1. The van der Waals surface area contributed by atoms with Crippen molar-refractivity contribution in [3.8, 4) is 0 Å². The third-order valence-electron chi connectivity index (χ3n) is 4.17. The highest BCUT2D eigenvalue weighted by molar-refractivity contribution is 5.82. The lowest BCUT2D eigenvalue weighted by Gasteiger charge is -2.45. The first kappa shape index (κ1) is 13.3. The highest BCUT2D eigenvalue weighted by atomic mass is 16.5. The Kier molecular flexibility index (Phi) is 3.90. The Morgan fingerprint density at radius 1 is 1.44 bits per heavy atom. The van der Waals surface area contributed by atoms with Crippen LogP contribution in [0, 0.1) is 11.8 Å². The lowest BCUT2D eigenvalue weighted by molar-refractivity contribution is -0.159. The van der Waals surface area contributed by atoms with Crippen molar-refractivity contribution in [2.45, 2.75) is 45.2 Å². The minimum atomic E-state index is -0.802. The number of likely N-dealkylation sites (tertiary alicyclic amines) is 1. The Bertz CT molecular complexity index is 338. The van der Waals surface area contributed by atoms with Crippen molar-refractivity contribution < 1.29 is 19.4 Å². The monoisotopic (exact) mass is 255 g/mol. The molecule has 2 saturated heterocycles. The van der Waals surface area contributed by atoms with E-state index in [0.29, 0.717) is 13.0 Å². The molecule has 102 valence electrons. The molecule has 5 heteroatoms. The number of ether oxygens (including phenoxy) is 1. The molecule has 18 heavy (non-hydrogen) atoms. The number of piperidine rings is 1. The second-order valence-corrected chi connectivity index (χ2v) is 5.46. The van der Waals surface area contributed by atoms with E-state index in [1.54, 1.807) is 4.90 Å². The van der Waals surface area contributed by atoms with E-state index in [1.165, 1.54) is 0 Å². The maximum atomic E-state index is 12.2. The molecular formula is C13H21NO4. The summed E-state index contributed by atoms with van der Waals surface area (Å²) in [5.41, 5.74) is 0. The van der Waals surface area contributed by atoms with Crippen LogP contribution in [0.2, 0.25) is 0 Å². The molecule has 2 heterocycles. The van der Waals surface area contributed by atoms with Gasteiger partial charge in [-0.1, -0.05) is 6.92 Å². The fraction of sp³-hybridized carbons (Fsp3) is 0.846. The van der Waals surface area contributed by atoms with Crippen LogP contribution < -0.4 is 0 Å². The predicted molar refractivity (Wildman–Crippen MR) is 65.1 cm³/mol. The molecule has 2 aliphatic heterocycles. The first-order chi connectivity index (χ1) is 8.52. The number of hydrogen-bond acceptors (Lipinski definition) is 3. The summed E-state index contributed by atoms with van der Waals surface area (Å²) in [6.45, 7) is 4.98. The number of amides is 1. The van der Waals surface area contributed by atoms with Crippen LogP contribution in [0.4, 0.5) is 0 Å². The van der Waals surface area contributed by atoms with Crippen molar-refractivity contribution in [3.63, 3.8) is 0 Å². The molecule has 0 bridgehead atoms. The largest absolute Gasteiger partial charge is 0.481 e. The molecule has 0 saturated carbocycles. The molecule has 1 amide bonds. The number of carboxylic acids is 1. The highest BCUT2D eigenvalue weighted by Gasteiger charge is 2.44. The Balaban J connectivity index is 2.17. The van der Waals surface area contributed by atoms with Gasteiger partial charge < -0.3 is 14.7 Å².